The molecule has 1 aliphatic carbocycles. The third-order valence-electron chi connectivity index (χ3n) is 6.44. The van der Waals surface area contributed by atoms with Crippen LogP contribution in [-0.2, 0) is 11.2 Å². The molecule has 4 aromatic rings. The number of aromatic amines is 1. The first-order valence-electron chi connectivity index (χ1n) is 11.5. The largest absolute Gasteiger partial charge is 0.353 e. The predicted octanol–water partition coefficient (Wildman–Crippen LogP) is 5.58. The fourth-order valence-corrected chi connectivity index (χ4v) is 4.79. The van der Waals surface area contributed by atoms with Crippen molar-refractivity contribution in [2.24, 2.45) is 5.92 Å². The normalized spacial score (nSPS) is 14.6. The Hall–Kier alpha value is -3.47. The number of anilines is 1. The van der Waals surface area contributed by atoms with E-state index in [-0.39, 0.29) is 11.3 Å². The Balaban J connectivity index is 1.54. The minimum absolute atomic E-state index is 0.0130. The molecule has 1 saturated carbocycles. The maximum atomic E-state index is 12.9. The fourth-order valence-electron chi connectivity index (χ4n) is 4.79. The van der Waals surface area contributed by atoms with Crippen molar-refractivity contribution in [2.75, 3.05) is 5.32 Å². The van der Waals surface area contributed by atoms with E-state index in [1.165, 1.54) is 19.3 Å². The molecular weight excluding hydrogens is 398 g/mol. The van der Waals surface area contributed by atoms with Gasteiger partial charge in [-0.1, -0.05) is 55.7 Å². The maximum Gasteiger partial charge on any atom is 0.225 e. The molecule has 1 fully saturated rings. The minimum atomic E-state index is -0.0130. The number of nitrogens with one attached hydrogen (secondary N) is 2. The summed E-state index contributed by atoms with van der Waals surface area (Å²) in [6.07, 6.45) is 7.16. The van der Waals surface area contributed by atoms with Crippen molar-refractivity contribution in [1.82, 2.24) is 9.97 Å². The highest BCUT2D eigenvalue weighted by Gasteiger charge is 2.19. The second kappa shape index (κ2) is 8.95. The summed E-state index contributed by atoms with van der Waals surface area (Å²) in [5, 5.41) is 4.92. The number of benzene rings is 3. The monoisotopic (exact) mass is 425 g/mol. The molecule has 1 heterocycles. The van der Waals surface area contributed by atoms with Crippen molar-refractivity contribution in [2.45, 2.75) is 44.9 Å². The Bertz CT molecular complexity index is 1320. The number of amides is 1. The van der Waals surface area contributed by atoms with Crippen LogP contribution in [0.25, 0.3) is 21.8 Å². The summed E-state index contributed by atoms with van der Waals surface area (Å²) in [7, 11) is 0. The van der Waals surface area contributed by atoms with Gasteiger partial charge in [-0.3, -0.25) is 9.59 Å². The van der Waals surface area contributed by atoms with Crippen molar-refractivity contribution in [3.63, 3.8) is 0 Å². The molecule has 1 aliphatic rings. The summed E-state index contributed by atoms with van der Waals surface area (Å²) in [4.78, 5) is 33.0. The molecule has 5 rings (SSSR count). The third kappa shape index (κ3) is 4.42. The SMILES string of the molecule is O=C(CC1CCCCC1)Nc1nc2ccc3cc(=O)ccc3c2[nH]c1Cc1ccccc1. The van der Waals surface area contributed by atoms with Crippen LogP contribution in [0.4, 0.5) is 5.82 Å². The number of H-pyrrole nitrogens is 1. The summed E-state index contributed by atoms with van der Waals surface area (Å²) < 4.78 is 0. The molecule has 0 radical (unpaired) electrons. The molecule has 5 heteroatoms. The van der Waals surface area contributed by atoms with Gasteiger partial charge in [0, 0.05) is 18.2 Å². The average Bonchev–Trinajstić information content (AvgIpc) is 2.80. The van der Waals surface area contributed by atoms with Crippen LogP contribution in [0.5, 0.6) is 0 Å². The number of hydrogen-bond acceptors (Lipinski definition) is 3. The Morgan fingerprint density at radius 1 is 1.00 bits per heavy atom. The number of carbonyl (C=O) groups is 1. The van der Waals surface area contributed by atoms with Gasteiger partial charge in [-0.05, 0) is 54.0 Å². The molecule has 1 aromatic heterocycles. The standard InChI is InChI=1S/C27H27N3O2/c31-21-12-13-22-20(17-21)11-14-23-26(22)28-24(15-18-7-3-1-4-8-18)27(29-23)30-25(32)16-19-9-5-2-6-10-19/h1,3-4,7-8,11-14,17,19,28H,2,5-6,9-10,15-16H2,(H,30,32). The lowest BCUT2D eigenvalue weighted by molar-refractivity contribution is -0.117. The Kier molecular flexibility index (Phi) is 5.71. The van der Waals surface area contributed by atoms with Gasteiger partial charge in [0.25, 0.3) is 0 Å². The topological polar surface area (TPSA) is 74.8 Å². The van der Waals surface area contributed by atoms with Crippen LogP contribution in [0.1, 0.15) is 49.8 Å². The van der Waals surface area contributed by atoms with E-state index in [2.05, 4.69) is 22.4 Å². The van der Waals surface area contributed by atoms with Crippen LogP contribution in [0.2, 0.25) is 0 Å². The van der Waals surface area contributed by atoms with E-state index in [0.717, 1.165) is 45.9 Å². The molecule has 0 spiro atoms. The summed E-state index contributed by atoms with van der Waals surface area (Å²) in [6.45, 7) is 0. The van der Waals surface area contributed by atoms with Crippen molar-refractivity contribution >= 4 is 33.5 Å². The van der Waals surface area contributed by atoms with Gasteiger partial charge >= 0.3 is 0 Å². The molecule has 32 heavy (non-hydrogen) atoms. The van der Waals surface area contributed by atoms with Crippen molar-refractivity contribution in [1.29, 1.82) is 0 Å². The van der Waals surface area contributed by atoms with E-state index >= 15 is 0 Å². The first kappa shape index (κ1) is 20.4. The Labute approximate surface area is 186 Å². The summed E-state index contributed by atoms with van der Waals surface area (Å²) in [5.41, 5.74) is 3.62. The molecule has 5 nitrogen and oxygen atoms in total. The first-order chi connectivity index (χ1) is 15.7. The highest BCUT2D eigenvalue weighted by atomic mass is 16.1. The van der Waals surface area contributed by atoms with Crippen LogP contribution in [0.3, 0.4) is 0 Å². The second-order valence-corrected chi connectivity index (χ2v) is 8.83. The van der Waals surface area contributed by atoms with Crippen LogP contribution in [0.15, 0.2) is 65.5 Å². The zero-order valence-electron chi connectivity index (χ0n) is 18.1. The van der Waals surface area contributed by atoms with Gasteiger partial charge in [0.2, 0.25) is 5.91 Å². The number of aromatic nitrogens is 2. The first-order valence-corrected chi connectivity index (χ1v) is 11.5. The highest BCUT2D eigenvalue weighted by Crippen LogP contribution is 2.28. The Morgan fingerprint density at radius 2 is 1.81 bits per heavy atom. The van der Waals surface area contributed by atoms with Gasteiger partial charge in [0.15, 0.2) is 11.2 Å². The third-order valence-corrected chi connectivity index (χ3v) is 6.44. The van der Waals surface area contributed by atoms with E-state index in [1.807, 2.05) is 36.4 Å². The van der Waals surface area contributed by atoms with Gasteiger partial charge in [0.1, 0.15) is 0 Å². The second-order valence-electron chi connectivity index (χ2n) is 8.83. The lowest BCUT2D eigenvalue weighted by Crippen LogP contribution is -2.20. The molecule has 2 N–H and O–H groups in total. The highest BCUT2D eigenvalue weighted by molar-refractivity contribution is 6.04. The molecule has 0 aliphatic heterocycles. The van der Waals surface area contributed by atoms with Crippen LogP contribution in [0, 0.1) is 5.92 Å². The molecule has 3 aromatic carbocycles. The molecule has 1 amide bonds. The van der Waals surface area contributed by atoms with Gasteiger partial charge in [-0.2, -0.15) is 0 Å². The zero-order chi connectivity index (χ0) is 21.9. The molecular formula is C27H27N3O2. The molecule has 0 atom stereocenters. The zero-order valence-corrected chi connectivity index (χ0v) is 18.1. The van der Waals surface area contributed by atoms with E-state index in [0.29, 0.717) is 24.6 Å². The molecule has 0 unspecified atom stereocenters. The van der Waals surface area contributed by atoms with Crippen LogP contribution >= 0.6 is 0 Å². The van der Waals surface area contributed by atoms with Crippen molar-refractivity contribution < 1.29 is 4.79 Å². The maximum absolute atomic E-state index is 12.9. The summed E-state index contributed by atoms with van der Waals surface area (Å²) >= 11 is 0. The number of carbonyl (C=O) groups excluding carboxylic acids is 1. The van der Waals surface area contributed by atoms with Crippen LogP contribution < -0.4 is 10.7 Å². The van der Waals surface area contributed by atoms with E-state index in [1.54, 1.807) is 12.1 Å². The van der Waals surface area contributed by atoms with Crippen molar-refractivity contribution in [3.05, 3.63) is 82.1 Å². The smallest absolute Gasteiger partial charge is 0.225 e. The number of rotatable bonds is 5. The molecule has 0 saturated heterocycles. The minimum Gasteiger partial charge on any atom is -0.353 e. The number of hydrogen-bond donors (Lipinski definition) is 2. The number of fused-ring (bicyclic) bond motifs is 3. The van der Waals surface area contributed by atoms with Crippen LogP contribution in [-0.4, -0.2) is 15.9 Å². The summed E-state index contributed by atoms with van der Waals surface area (Å²) in [5.74, 6) is 1.08. The van der Waals surface area contributed by atoms with E-state index in [4.69, 9.17) is 4.98 Å². The predicted molar refractivity (Wildman–Crippen MR) is 129 cm³/mol. The van der Waals surface area contributed by atoms with Gasteiger partial charge in [-0.15, -0.1) is 0 Å². The fraction of sp³-hybridized carbons (Fsp3) is 0.296. The van der Waals surface area contributed by atoms with Gasteiger partial charge in [-0.25, -0.2) is 4.98 Å². The summed E-state index contributed by atoms with van der Waals surface area (Å²) in [6, 6.07) is 19.0. The van der Waals surface area contributed by atoms with E-state index in [9.17, 15) is 9.59 Å². The van der Waals surface area contributed by atoms with E-state index < -0.39 is 0 Å². The average molecular weight is 426 g/mol. The molecule has 162 valence electrons. The lowest BCUT2D eigenvalue weighted by atomic mass is 9.87. The van der Waals surface area contributed by atoms with Gasteiger partial charge < -0.3 is 10.3 Å². The van der Waals surface area contributed by atoms with Crippen molar-refractivity contribution in [3.8, 4) is 0 Å². The Morgan fingerprint density at radius 3 is 2.62 bits per heavy atom. The van der Waals surface area contributed by atoms with Gasteiger partial charge in [0.05, 0.1) is 16.7 Å². The number of nitrogens with zero attached hydrogens (tertiary/aromatic N) is 1. The quantitative estimate of drug-likeness (QED) is 0.410. The molecule has 0 bridgehead atoms. The lowest BCUT2D eigenvalue weighted by Gasteiger charge is -2.21.